The number of aromatic nitrogens is 3. The summed E-state index contributed by atoms with van der Waals surface area (Å²) in [5, 5.41) is 18.4. The van der Waals surface area contributed by atoms with Crippen molar-refractivity contribution in [2.24, 2.45) is 11.8 Å². The number of β-amino-alcohol motifs (C(OH)–C–C–N with tert-alkyl or cyclic N) is 1. The second kappa shape index (κ2) is 12.7. The van der Waals surface area contributed by atoms with Crippen molar-refractivity contribution < 1.29 is 24.2 Å². The number of carbonyl (C=O) groups excluding carboxylic acids is 3. The number of carbonyl (C=O) groups is 3. The average molecular weight is 631 g/mol. The van der Waals surface area contributed by atoms with Crippen LogP contribution in [0.3, 0.4) is 0 Å². The Morgan fingerprint density at radius 1 is 1.13 bits per heavy atom. The van der Waals surface area contributed by atoms with Gasteiger partial charge in [-0.2, -0.15) is 0 Å². The van der Waals surface area contributed by atoms with Crippen molar-refractivity contribution in [3.8, 4) is 5.75 Å². The van der Waals surface area contributed by atoms with Crippen molar-refractivity contribution >= 4 is 46.2 Å². The number of aliphatic hydroxyl groups is 1. The standard InChI is InChI=1S/C33H38N6O5S/c1-4-17-36(21-39-25-10-8-7-9-24(25)34-35-39)32(43)29-33-16-15-26(45-33)27(28(33)31(42)38(29)19-20-40)30(41)37(18-5-2)22-11-13-23(14-12-22)44-6-3/h4-5,7-14,26-29,40H,1-2,6,15-21H2,3H3/t26-,27+,28+,29?,33?/m1/s1. The van der Waals surface area contributed by atoms with Crippen LogP contribution in [0.5, 0.6) is 5.75 Å². The van der Waals surface area contributed by atoms with Crippen LogP contribution in [0.1, 0.15) is 19.8 Å². The van der Waals surface area contributed by atoms with Gasteiger partial charge in [0.05, 0.1) is 35.3 Å². The van der Waals surface area contributed by atoms with E-state index < -0.39 is 22.6 Å². The van der Waals surface area contributed by atoms with E-state index >= 15 is 0 Å². The lowest BCUT2D eigenvalue weighted by molar-refractivity contribution is -0.144. The van der Waals surface area contributed by atoms with E-state index in [0.717, 1.165) is 5.52 Å². The van der Waals surface area contributed by atoms with Crippen molar-refractivity contribution in [1.29, 1.82) is 0 Å². The molecule has 12 heteroatoms. The Labute approximate surface area is 266 Å². The molecule has 3 amide bonds. The quantitative estimate of drug-likeness (QED) is 0.286. The minimum absolute atomic E-state index is 0.00305. The van der Waals surface area contributed by atoms with Crippen molar-refractivity contribution in [3.63, 3.8) is 0 Å². The number of likely N-dealkylation sites (tertiary alicyclic amines) is 1. The van der Waals surface area contributed by atoms with Crippen LogP contribution in [0.15, 0.2) is 73.8 Å². The molecule has 11 nitrogen and oxygen atoms in total. The van der Waals surface area contributed by atoms with Crippen LogP contribution in [0, 0.1) is 11.8 Å². The Morgan fingerprint density at radius 2 is 1.89 bits per heavy atom. The molecular weight excluding hydrogens is 592 g/mol. The van der Waals surface area contributed by atoms with Gasteiger partial charge in [0.2, 0.25) is 17.7 Å². The van der Waals surface area contributed by atoms with Crippen LogP contribution in [0.2, 0.25) is 0 Å². The monoisotopic (exact) mass is 630 g/mol. The Morgan fingerprint density at radius 3 is 2.60 bits per heavy atom. The zero-order chi connectivity index (χ0) is 31.7. The number of para-hydroxylation sites is 1. The van der Waals surface area contributed by atoms with Crippen molar-refractivity contribution in [2.75, 3.05) is 37.7 Å². The van der Waals surface area contributed by atoms with Crippen LogP contribution in [0.4, 0.5) is 5.69 Å². The molecule has 2 bridgehead atoms. The molecular formula is C33H38N6O5S. The zero-order valence-corrected chi connectivity index (χ0v) is 26.1. The van der Waals surface area contributed by atoms with Gasteiger partial charge in [0.25, 0.3) is 0 Å². The predicted octanol–water partition coefficient (Wildman–Crippen LogP) is 3.10. The summed E-state index contributed by atoms with van der Waals surface area (Å²) in [6.45, 7) is 10.5. The van der Waals surface area contributed by atoms with Gasteiger partial charge in [-0.3, -0.25) is 14.4 Å². The molecule has 45 heavy (non-hydrogen) atoms. The largest absolute Gasteiger partial charge is 0.494 e. The van der Waals surface area contributed by atoms with Crippen molar-refractivity contribution in [1.82, 2.24) is 24.8 Å². The molecule has 0 aliphatic carbocycles. The highest BCUT2D eigenvalue weighted by molar-refractivity contribution is 8.02. The summed E-state index contributed by atoms with van der Waals surface area (Å²) >= 11 is 1.60. The minimum Gasteiger partial charge on any atom is -0.494 e. The van der Waals surface area contributed by atoms with Crippen LogP contribution in [-0.4, -0.2) is 96.5 Å². The van der Waals surface area contributed by atoms with Gasteiger partial charge in [0.1, 0.15) is 24.0 Å². The average Bonchev–Trinajstić information content (AvgIpc) is 3.80. The van der Waals surface area contributed by atoms with Gasteiger partial charge >= 0.3 is 0 Å². The first-order valence-corrected chi connectivity index (χ1v) is 16.2. The van der Waals surface area contributed by atoms with Gasteiger partial charge in [0.15, 0.2) is 0 Å². The van der Waals surface area contributed by atoms with Gasteiger partial charge in [-0.1, -0.05) is 29.5 Å². The van der Waals surface area contributed by atoms with Gasteiger partial charge in [0, 0.05) is 30.6 Å². The second-order valence-electron chi connectivity index (χ2n) is 11.5. The van der Waals surface area contributed by atoms with Crippen LogP contribution in [0.25, 0.3) is 11.0 Å². The third-order valence-corrected chi connectivity index (χ3v) is 11.0. The molecule has 4 heterocycles. The first-order chi connectivity index (χ1) is 21.9. The molecule has 0 saturated carbocycles. The maximum Gasteiger partial charge on any atom is 0.248 e. The highest BCUT2D eigenvalue weighted by Gasteiger charge is 2.74. The molecule has 3 aliphatic rings. The van der Waals surface area contributed by atoms with Gasteiger partial charge < -0.3 is 24.5 Å². The van der Waals surface area contributed by atoms with E-state index in [9.17, 15) is 19.5 Å². The molecule has 1 N–H and O–H groups in total. The summed E-state index contributed by atoms with van der Waals surface area (Å²) in [5.74, 6) is -1.28. The van der Waals surface area contributed by atoms with Crippen molar-refractivity contribution in [3.05, 3.63) is 73.8 Å². The number of amides is 3. The fourth-order valence-electron chi connectivity index (χ4n) is 7.31. The number of hydrogen-bond acceptors (Lipinski definition) is 8. The number of anilines is 1. The van der Waals surface area contributed by atoms with Crippen molar-refractivity contribution in [2.45, 2.75) is 42.5 Å². The van der Waals surface area contributed by atoms with E-state index in [0.29, 0.717) is 36.4 Å². The summed E-state index contributed by atoms with van der Waals surface area (Å²) in [7, 11) is 0. The third-order valence-electron chi connectivity index (χ3n) is 9.08. The Bertz CT molecular complexity index is 1610. The third kappa shape index (κ3) is 5.19. The van der Waals surface area contributed by atoms with E-state index in [1.54, 1.807) is 38.4 Å². The van der Waals surface area contributed by atoms with Gasteiger partial charge in [-0.25, -0.2) is 4.68 Å². The molecule has 1 spiro atoms. The molecule has 2 aromatic carbocycles. The molecule has 6 rings (SSSR count). The molecule has 3 aromatic rings. The Kier molecular flexibility index (Phi) is 8.69. The lowest BCUT2D eigenvalue weighted by atomic mass is 9.70. The summed E-state index contributed by atoms with van der Waals surface area (Å²) < 4.78 is 6.45. The van der Waals surface area contributed by atoms with Crippen LogP contribution >= 0.6 is 11.8 Å². The van der Waals surface area contributed by atoms with Gasteiger partial charge in [-0.05, 0) is 56.2 Å². The first-order valence-electron chi connectivity index (χ1n) is 15.3. The SMILES string of the molecule is C=CCN(Cn1nnc2ccccc21)C(=O)C1N(CCO)C(=O)[C@@H]2[C@@H](C(=O)N(CC=C)c3ccc(OCC)cc3)[C@H]3CCC12S3. The van der Waals surface area contributed by atoms with E-state index in [-0.39, 0.29) is 55.9 Å². The summed E-state index contributed by atoms with van der Waals surface area (Å²) in [4.78, 5) is 48.1. The highest BCUT2D eigenvalue weighted by atomic mass is 32.2. The smallest absolute Gasteiger partial charge is 0.248 e. The molecule has 3 aliphatic heterocycles. The molecule has 1 aromatic heterocycles. The molecule has 2 unspecified atom stereocenters. The number of nitrogens with zero attached hydrogens (tertiary/aromatic N) is 6. The minimum atomic E-state index is -0.844. The summed E-state index contributed by atoms with van der Waals surface area (Å²) in [5.41, 5.74) is 2.18. The molecule has 5 atom stereocenters. The maximum atomic E-state index is 14.6. The number of rotatable bonds is 13. The number of fused-ring (bicyclic) bond motifs is 2. The van der Waals surface area contributed by atoms with Crippen LogP contribution in [-0.2, 0) is 21.1 Å². The number of hydrogen-bond donors (Lipinski definition) is 1. The molecule has 3 fully saturated rings. The second-order valence-corrected chi connectivity index (χ2v) is 13.1. The normalized spacial score (nSPS) is 24.9. The van der Waals surface area contributed by atoms with E-state index in [2.05, 4.69) is 23.5 Å². The molecule has 3 saturated heterocycles. The van der Waals surface area contributed by atoms with Gasteiger partial charge in [-0.15, -0.1) is 30.0 Å². The number of thioether (sulfide) groups is 1. The molecule has 236 valence electrons. The summed E-state index contributed by atoms with van der Waals surface area (Å²) in [6.07, 6.45) is 4.66. The van der Waals surface area contributed by atoms with E-state index in [4.69, 9.17) is 4.74 Å². The Hall–Kier alpha value is -4.16. The highest BCUT2D eigenvalue weighted by Crippen LogP contribution is 2.66. The van der Waals surface area contributed by atoms with Crippen LogP contribution < -0.4 is 9.64 Å². The fourth-order valence-corrected chi connectivity index (χ4v) is 9.52. The number of benzene rings is 2. The number of aliphatic hydroxyl groups excluding tert-OH is 1. The lowest BCUT2D eigenvalue weighted by Gasteiger charge is -2.37. The predicted molar refractivity (Wildman–Crippen MR) is 173 cm³/mol. The molecule has 0 radical (unpaired) electrons. The topological polar surface area (TPSA) is 121 Å². The summed E-state index contributed by atoms with van der Waals surface area (Å²) in [6, 6.07) is 14.0. The Balaban J connectivity index is 1.33. The van der Waals surface area contributed by atoms with E-state index in [1.807, 2.05) is 55.5 Å². The first kappa shape index (κ1) is 30.8. The lowest BCUT2D eigenvalue weighted by Crippen LogP contribution is -2.55. The maximum absolute atomic E-state index is 14.6. The van der Waals surface area contributed by atoms with E-state index in [1.165, 1.54) is 4.90 Å². The number of ether oxygens (including phenoxy) is 1. The zero-order valence-electron chi connectivity index (χ0n) is 25.3. The fraction of sp³-hybridized carbons (Fsp3) is 0.424.